The van der Waals surface area contributed by atoms with Crippen LogP contribution in [-0.2, 0) is 21.2 Å². The normalized spacial score (nSPS) is 12.4. The molecule has 0 aliphatic carbocycles. The Morgan fingerprint density at radius 1 is 1.25 bits per heavy atom. The predicted octanol–water partition coefficient (Wildman–Crippen LogP) is 4.43. The molecule has 0 aliphatic rings. The average Bonchev–Trinajstić information content (AvgIpc) is 3.25. The second-order valence-electron chi connectivity index (χ2n) is 8.59. The molecule has 0 saturated carbocycles. The van der Waals surface area contributed by atoms with Gasteiger partial charge in [-0.25, -0.2) is 27.6 Å². The summed E-state index contributed by atoms with van der Waals surface area (Å²) in [5, 5.41) is 7.39. The van der Waals surface area contributed by atoms with Crippen LogP contribution in [0.15, 0.2) is 30.6 Å². The number of hydrogen-bond acceptors (Lipinski definition) is 7. The van der Waals surface area contributed by atoms with Gasteiger partial charge in [0.25, 0.3) is 0 Å². The number of hydrogen-bond donors (Lipinski definition) is 2. The first-order valence-electron chi connectivity index (χ1n) is 11.1. The topological polar surface area (TPSA) is 128 Å². The van der Waals surface area contributed by atoms with Crippen LogP contribution >= 0.6 is 11.6 Å². The highest BCUT2D eigenvalue weighted by atomic mass is 35.5. The van der Waals surface area contributed by atoms with Crippen molar-refractivity contribution in [3.05, 3.63) is 47.3 Å². The summed E-state index contributed by atoms with van der Waals surface area (Å²) >= 11 is 6.21. The van der Waals surface area contributed by atoms with Crippen LogP contribution in [0.5, 0.6) is 0 Å². The first-order chi connectivity index (χ1) is 16.9. The minimum atomic E-state index is -3.74. The van der Waals surface area contributed by atoms with E-state index >= 15 is 4.39 Å². The van der Waals surface area contributed by atoms with Gasteiger partial charge in [-0.15, -0.1) is 0 Å². The Bertz CT molecular complexity index is 1360. The molecule has 1 atom stereocenters. The van der Waals surface area contributed by atoms with E-state index in [4.69, 9.17) is 11.6 Å². The zero-order valence-corrected chi connectivity index (χ0v) is 22.1. The summed E-state index contributed by atoms with van der Waals surface area (Å²) in [5.74, 6) is -0.280. The molecule has 1 unspecified atom stereocenters. The van der Waals surface area contributed by atoms with Gasteiger partial charge < -0.3 is 10.1 Å². The van der Waals surface area contributed by atoms with Gasteiger partial charge in [-0.05, 0) is 45.4 Å². The summed E-state index contributed by atoms with van der Waals surface area (Å²) in [6.07, 6.45) is 4.79. The molecule has 0 fully saturated rings. The zero-order valence-electron chi connectivity index (χ0n) is 20.5. The van der Waals surface area contributed by atoms with Crippen LogP contribution in [0.25, 0.3) is 22.5 Å². The number of carbonyl (C=O) groups excluding carboxylic acids is 1. The summed E-state index contributed by atoms with van der Waals surface area (Å²) < 4.78 is 47.4. The fourth-order valence-electron chi connectivity index (χ4n) is 3.43. The molecule has 1 aromatic carbocycles. The van der Waals surface area contributed by atoms with Gasteiger partial charge in [0.05, 0.1) is 24.7 Å². The molecule has 194 valence electrons. The number of carbonyl (C=O) groups is 1. The lowest BCUT2D eigenvalue weighted by Crippen LogP contribution is -2.32. The van der Waals surface area contributed by atoms with Crippen molar-refractivity contribution in [2.24, 2.45) is 0 Å². The third kappa shape index (κ3) is 6.91. The Hall–Kier alpha value is -3.25. The highest BCUT2D eigenvalue weighted by Gasteiger charge is 2.22. The number of amides is 1. The van der Waals surface area contributed by atoms with Crippen LogP contribution in [0.3, 0.4) is 0 Å². The number of rotatable bonds is 9. The molecule has 3 rings (SSSR count). The Labute approximate surface area is 214 Å². The van der Waals surface area contributed by atoms with E-state index in [9.17, 15) is 13.2 Å². The van der Waals surface area contributed by atoms with Crippen molar-refractivity contribution >= 4 is 33.4 Å². The maximum absolute atomic E-state index is 15.5. The number of aryl methyl sites for hydroxylation is 1. The maximum atomic E-state index is 15.5. The van der Waals surface area contributed by atoms with E-state index in [1.807, 2.05) is 20.8 Å². The molecule has 2 heterocycles. The molecule has 1 amide bonds. The average molecular weight is 539 g/mol. The van der Waals surface area contributed by atoms with Crippen molar-refractivity contribution in [1.29, 1.82) is 0 Å². The number of ether oxygens (including phenoxy) is 1. The third-order valence-corrected chi connectivity index (χ3v) is 5.99. The third-order valence-electron chi connectivity index (χ3n) is 5.18. The molecule has 0 aliphatic heterocycles. The van der Waals surface area contributed by atoms with Gasteiger partial charge in [0.15, 0.2) is 5.82 Å². The largest absolute Gasteiger partial charge is 0.453 e. The predicted molar refractivity (Wildman–Crippen MR) is 136 cm³/mol. The number of benzene rings is 1. The maximum Gasteiger partial charge on any atom is 0.407 e. The smallest absolute Gasteiger partial charge is 0.407 e. The number of aromatic nitrogens is 4. The van der Waals surface area contributed by atoms with Crippen LogP contribution < -0.4 is 10.0 Å². The number of anilines is 1. The fourth-order valence-corrected chi connectivity index (χ4v) is 4.19. The Balaban J connectivity index is 2.03. The van der Waals surface area contributed by atoms with Crippen molar-refractivity contribution in [1.82, 2.24) is 25.1 Å². The highest BCUT2D eigenvalue weighted by molar-refractivity contribution is 7.92. The van der Waals surface area contributed by atoms with Crippen molar-refractivity contribution in [3.63, 3.8) is 0 Å². The molecule has 13 heteroatoms. The van der Waals surface area contributed by atoms with Crippen LogP contribution in [0.2, 0.25) is 5.02 Å². The van der Waals surface area contributed by atoms with Gasteiger partial charge >= 0.3 is 6.09 Å². The van der Waals surface area contributed by atoms with Crippen molar-refractivity contribution in [3.8, 4) is 22.5 Å². The van der Waals surface area contributed by atoms with E-state index in [0.717, 1.165) is 6.26 Å². The molecule has 0 radical (unpaired) electrons. The Kier molecular flexibility index (Phi) is 8.51. The van der Waals surface area contributed by atoms with E-state index in [1.165, 1.54) is 19.2 Å². The number of sulfonamides is 1. The lowest BCUT2D eigenvalue weighted by Gasteiger charge is -2.12. The van der Waals surface area contributed by atoms with Crippen molar-refractivity contribution in [2.45, 2.75) is 45.7 Å². The fraction of sp³-hybridized carbons (Fsp3) is 0.391. The molecular formula is C23H28ClFN6O4S. The summed E-state index contributed by atoms with van der Waals surface area (Å²) in [6, 6.07) is 4.07. The molecule has 0 spiro atoms. The van der Waals surface area contributed by atoms with E-state index in [0.29, 0.717) is 29.9 Å². The van der Waals surface area contributed by atoms with Crippen LogP contribution in [0.1, 0.15) is 39.1 Å². The lowest BCUT2D eigenvalue weighted by atomic mass is 10.0. The Morgan fingerprint density at radius 2 is 1.97 bits per heavy atom. The van der Waals surface area contributed by atoms with Gasteiger partial charge in [-0.1, -0.05) is 11.6 Å². The first kappa shape index (κ1) is 27.3. The summed E-state index contributed by atoms with van der Waals surface area (Å²) in [6.45, 7) is 5.69. The highest BCUT2D eigenvalue weighted by Crippen LogP contribution is 2.37. The van der Waals surface area contributed by atoms with E-state index in [-0.39, 0.29) is 34.1 Å². The van der Waals surface area contributed by atoms with Crippen molar-refractivity contribution in [2.75, 3.05) is 18.1 Å². The van der Waals surface area contributed by atoms with Gasteiger partial charge in [0.2, 0.25) is 10.0 Å². The molecule has 0 bridgehead atoms. The molecule has 2 N–H and O–H groups in total. The van der Waals surface area contributed by atoms with Crippen LogP contribution in [0.4, 0.5) is 14.9 Å². The molecule has 10 nitrogen and oxygen atoms in total. The number of halogens is 2. The number of nitrogens with one attached hydrogen (secondary N) is 2. The van der Waals surface area contributed by atoms with E-state index in [2.05, 4.69) is 29.8 Å². The zero-order chi connectivity index (χ0) is 26.6. The van der Waals surface area contributed by atoms with E-state index in [1.54, 1.807) is 23.1 Å². The summed E-state index contributed by atoms with van der Waals surface area (Å²) in [5.41, 5.74) is 1.04. The van der Waals surface area contributed by atoms with Gasteiger partial charge in [0, 0.05) is 47.0 Å². The summed E-state index contributed by atoms with van der Waals surface area (Å²) in [4.78, 5) is 20.3. The van der Waals surface area contributed by atoms with Crippen molar-refractivity contribution < 1.29 is 22.3 Å². The standard InChI is InChI=1S/C23H28ClFN6O4S/c1-13(2)31-12-17(18-8-9-26-20(28-18)7-6-14(3)27-23(32)35-4)22(29-31)16-10-15(24)11-19(21(16)25)30-36(5,33)34/h8-14,30H,6-7H2,1-5H3,(H,27,32). The van der Waals surface area contributed by atoms with Gasteiger partial charge in [-0.3, -0.25) is 9.40 Å². The molecule has 3 aromatic rings. The monoisotopic (exact) mass is 538 g/mol. The van der Waals surface area contributed by atoms with Crippen LogP contribution in [-0.4, -0.2) is 53.7 Å². The minimum Gasteiger partial charge on any atom is -0.453 e. The minimum absolute atomic E-state index is 0.0270. The quantitative estimate of drug-likeness (QED) is 0.412. The van der Waals surface area contributed by atoms with Crippen LogP contribution in [0, 0.1) is 5.82 Å². The lowest BCUT2D eigenvalue weighted by molar-refractivity contribution is 0.167. The number of methoxy groups -OCH3 is 1. The SMILES string of the molecule is COC(=O)NC(C)CCc1nccc(-c2cn(C(C)C)nc2-c2cc(Cl)cc(NS(C)(=O)=O)c2F)n1. The summed E-state index contributed by atoms with van der Waals surface area (Å²) in [7, 11) is -2.45. The molecule has 2 aromatic heterocycles. The number of nitrogens with zero attached hydrogens (tertiary/aromatic N) is 4. The first-order valence-corrected chi connectivity index (χ1v) is 13.4. The van der Waals surface area contributed by atoms with Gasteiger partial charge in [0.1, 0.15) is 11.5 Å². The molecule has 36 heavy (non-hydrogen) atoms. The second-order valence-corrected chi connectivity index (χ2v) is 10.8. The second kappa shape index (κ2) is 11.2. The Morgan fingerprint density at radius 3 is 2.61 bits per heavy atom. The van der Waals surface area contributed by atoms with Gasteiger partial charge in [-0.2, -0.15) is 5.10 Å². The number of alkyl carbamates (subject to hydrolysis) is 1. The van der Waals surface area contributed by atoms with E-state index < -0.39 is 21.9 Å². The molecule has 0 saturated heterocycles. The molecular weight excluding hydrogens is 511 g/mol.